The number of aromatic carboxylic acids is 1. The maximum Gasteiger partial charge on any atom is 0.341 e. The molecule has 0 aliphatic carbocycles. The van der Waals surface area contributed by atoms with Gasteiger partial charge in [0.25, 0.3) is 0 Å². The lowest BCUT2D eigenvalue weighted by Gasteiger charge is -2.03. The number of aryl methyl sites for hydroxylation is 1. The van der Waals surface area contributed by atoms with Crippen LogP contribution in [0.3, 0.4) is 0 Å². The molecule has 0 fully saturated rings. The quantitative estimate of drug-likeness (QED) is 0.705. The average Bonchev–Trinajstić information content (AvgIpc) is 2.08. The Morgan fingerprint density at radius 1 is 1.54 bits per heavy atom. The van der Waals surface area contributed by atoms with Gasteiger partial charge in [0.15, 0.2) is 5.75 Å². The molecule has 1 aromatic heterocycles. The van der Waals surface area contributed by atoms with Crippen LogP contribution in [0.2, 0.25) is 0 Å². The van der Waals surface area contributed by atoms with Crippen molar-refractivity contribution in [2.75, 3.05) is 7.11 Å². The maximum absolute atomic E-state index is 11.3. The molecule has 0 bridgehead atoms. The van der Waals surface area contributed by atoms with Gasteiger partial charge in [-0.15, -0.1) is 0 Å². The lowest BCUT2D eigenvalue weighted by atomic mass is 10.2. The van der Waals surface area contributed by atoms with E-state index in [0.717, 1.165) is 0 Å². The molecule has 5 nitrogen and oxygen atoms in total. The van der Waals surface area contributed by atoms with E-state index in [1.807, 2.05) is 0 Å². The standard InChI is InChI=1S/C8H9NO4/c1-9-3-5(8(11)12)7(10)6(4-9)13-2/h3-4H,1-2H3,(H,11,12). The van der Waals surface area contributed by atoms with Gasteiger partial charge in [-0.25, -0.2) is 4.79 Å². The van der Waals surface area contributed by atoms with E-state index in [4.69, 9.17) is 9.84 Å². The van der Waals surface area contributed by atoms with E-state index in [1.165, 1.54) is 24.1 Å². The Morgan fingerprint density at radius 2 is 2.15 bits per heavy atom. The Balaban J connectivity index is 3.45. The summed E-state index contributed by atoms with van der Waals surface area (Å²) in [4.78, 5) is 21.8. The molecule has 0 saturated heterocycles. The van der Waals surface area contributed by atoms with E-state index in [-0.39, 0.29) is 11.3 Å². The molecule has 1 rings (SSSR count). The molecule has 0 radical (unpaired) electrons. The molecule has 1 aromatic rings. The number of nitrogens with zero attached hydrogens (tertiary/aromatic N) is 1. The van der Waals surface area contributed by atoms with Crippen LogP contribution in [0, 0.1) is 0 Å². The van der Waals surface area contributed by atoms with Crippen molar-refractivity contribution in [2.24, 2.45) is 7.05 Å². The van der Waals surface area contributed by atoms with Gasteiger partial charge >= 0.3 is 5.97 Å². The third kappa shape index (κ3) is 1.69. The van der Waals surface area contributed by atoms with Gasteiger partial charge in [-0.05, 0) is 0 Å². The van der Waals surface area contributed by atoms with E-state index < -0.39 is 11.4 Å². The molecule has 70 valence electrons. The van der Waals surface area contributed by atoms with E-state index in [0.29, 0.717) is 0 Å². The second kappa shape index (κ2) is 3.30. The fraction of sp³-hybridized carbons (Fsp3) is 0.250. The first-order chi connectivity index (χ1) is 6.06. The van der Waals surface area contributed by atoms with Crippen molar-refractivity contribution in [3.05, 3.63) is 28.2 Å². The van der Waals surface area contributed by atoms with Gasteiger partial charge < -0.3 is 14.4 Å². The number of aromatic nitrogens is 1. The second-order valence-electron chi connectivity index (χ2n) is 2.54. The Bertz CT molecular complexity index is 394. The minimum Gasteiger partial charge on any atom is -0.491 e. The van der Waals surface area contributed by atoms with Gasteiger partial charge in [0, 0.05) is 19.4 Å². The molecular formula is C8H9NO4. The predicted molar refractivity (Wildman–Crippen MR) is 45.2 cm³/mol. The fourth-order valence-electron chi connectivity index (χ4n) is 0.974. The summed E-state index contributed by atoms with van der Waals surface area (Å²) in [5, 5.41) is 8.64. The molecule has 1 heterocycles. The van der Waals surface area contributed by atoms with Crippen molar-refractivity contribution < 1.29 is 14.6 Å². The number of methoxy groups -OCH3 is 1. The Kier molecular flexibility index (Phi) is 2.36. The molecule has 0 unspecified atom stereocenters. The number of carboxylic acids is 1. The normalized spacial score (nSPS) is 9.69. The third-order valence-corrected chi connectivity index (χ3v) is 1.57. The lowest BCUT2D eigenvalue weighted by Crippen LogP contribution is -2.18. The number of hydrogen-bond donors (Lipinski definition) is 1. The van der Waals surface area contributed by atoms with E-state index in [1.54, 1.807) is 7.05 Å². The minimum absolute atomic E-state index is 0.0300. The van der Waals surface area contributed by atoms with Crippen LogP contribution >= 0.6 is 0 Å². The fourth-order valence-corrected chi connectivity index (χ4v) is 0.974. The van der Waals surface area contributed by atoms with E-state index in [9.17, 15) is 9.59 Å². The molecule has 0 saturated carbocycles. The van der Waals surface area contributed by atoms with Crippen molar-refractivity contribution in [2.45, 2.75) is 0 Å². The van der Waals surface area contributed by atoms with Crippen LogP contribution < -0.4 is 10.2 Å². The highest BCUT2D eigenvalue weighted by Gasteiger charge is 2.12. The summed E-state index contributed by atoms with van der Waals surface area (Å²) >= 11 is 0. The zero-order valence-electron chi connectivity index (χ0n) is 7.27. The number of rotatable bonds is 2. The highest BCUT2D eigenvalue weighted by atomic mass is 16.5. The average molecular weight is 183 g/mol. The van der Waals surface area contributed by atoms with Crippen LogP contribution in [-0.4, -0.2) is 22.8 Å². The number of hydrogen-bond acceptors (Lipinski definition) is 3. The van der Waals surface area contributed by atoms with Crippen molar-refractivity contribution in [3.8, 4) is 5.75 Å². The van der Waals surface area contributed by atoms with Crippen LogP contribution in [0.15, 0.2) is 17.2 Å². The summed E-state index contributed by atoms with van der Waals surface area (Å²) in [5.41, 5.74) is -0.894. The van der Waals surface area contributed by atoms with E-state index >= 15 is 0 Å². The van der Waals surface area contributed by atoms with E-state index in [2.05, 4.69) is 0 Å². The summed E-state index contributed by atoms with van der Waals surface area (Å²) in [6.07, 6.45) is 2.67. The third-order valence-electron chi connectivity index (χ3n) is 1.57. The smallest absolute Gasteiger partial charge is 0.341 e. The summed E-state index contributed by atoms with van der Waals surface area (Å²) in [6.45, 7) is 0. The SMILES string of the molecule is COc1cn(C)cc(C(=O)O)c1=O. The monoisotopic (exact) mass is 183 g/mol. The highest BCUT2D eigenvalue weighted by molar-refractivity contribution is 5.87. The summed E-state index contributed by atoms with van der Waals surface area (Å²) < 4.78 is 6.18. The first kappa shape index (κ1) is 9.31. The Hall–Kier alpha value is -1.78. The van der Waals surface area contributed by atoms with Gasteiger partial charge in [0.05, 0.1) is 7.11 Å². The van der Waals surface area contributed by atoms with Crippen molar-refractivity contribution in [1.29, 1.82) is 0 Å². The molecule has 0 atom stereocenters. The van der Waals surface area contributed by atoms with Gasteiger partial charge in [-0.2, -0.15) is 0 Å². The van der Waals surface area contributed by atoms with Crippen LogP contribution in [-0.2, 0) is 7.05 Å². The van der Waals surface area contributed by atoms with Crippen LogP contribution in [0.1, 0.15) is 10.4 Å². The molecule has 0 spiro atoms. The topological polar surface area (TPSA) is 68.5 Å². The van der Waals surface area contributed by atoms with Gasteiger partial charge in [-0.1, -0.05) is 0 Å². The van der Waals surface area contributed by atoms with Crippen molar-refractivity contribution in [3.63, 3.8) is 0 Å². The van der Waals surface area contributed by atoms with Crippen LogP contribution in [0.4, 0.5) is 0 Å². The summed E-state index contributed by atoms with van der Waals surface area (Å²) in [6, 6.07) is 0. The molecule has 1 N–H and O–H groups in total. The van der Waals surface area contributed by atoms with Crippen molar-refractivity contribution in [1.82, 2.24) is 4.57 Å². The van der Waals surface area contributed by atoms with Crippen LogP contribution in [0.25, 0.3) is 0 Å². The molecular weight excluding hydrogens is 174 g/mol. The molecule has 0 amide bonds. The van der Waals surface area contributed by atoms with Crippen molar-refractivity contribution >= 4 is 5.97 Å². The lowest BCUT2D eigenvalue weighted by molar-refractivity contribution is 0.0694. The molecule has 13 heavy (non-hydrogen) atoms. The molecule has 0 aliphatic heterocycles. The Labute approximate surface area is 74.2 Å². The largest absolute Gasteiger partial charge is 0.491 e. The Morgan fingerprint density at radius 3 is 2.62 bits per heavy atom. The van der Waals surface area contributed by atoms with Gasteiger partial charge in [0.2, 0.25) is 5.43 Å². The number of pyridine rings is 1. The zero-order valence-corrected chi connectivity index (χ0v) is 7.27. The molecule has 5 heteroatoms. The maximum atomic E-state index is 11.3. The number of ether oxygens (including phenoxy) is 1. The predicted octanol–water partition coefficient (Wildman–Crippen LogP) is 0.0921. The number of carboxylic acid groups (broad SMARTS) is 1. The number of carbonyl (C=O) groups is 1. The highest BCUT2D eigenvalue weighted by Crippen LogP contribution is 2.03. The first-order valence-electron chi connectivity index (χ1n) is 3.54. The minimum atomic E-state index is -1.25. The first-order valence-corrected chi connectivity index (χ1v) is 3.54. The van der Waals surface area contributed by atoms with Gasteiger partial charge in [0.1, 0.15) is 5.56 Å². The molecule has 0 aromatic carbocycles. The molecule has 0 aliphatic rings. The van der Waals surface area contributed by atoms with Gasteiger partial charge in [-0.3, -0.25) is 4.79 Å². The second-order valence-corrected chi connectivity index (χ2v) is 2.54. The summed E-state index contributed by atoms with van der Waals surface area (Å²) in [5.74, 6) is -1.22. The zero-order chi connectivity index (χ0) is 10.0. The summed E-state index contributed by atoms with van der Waals surface area (Å²) in [7, 11) is 2.94. The van der Waals surface area contributed by atoms with Crippen LogP contribution in [0.5, 0.6) is 5.75 Å².